The fourth-order valence-electron chi connectivity index (χ4n) is 1.98. The lowest BCUT2D eigenvalue weighted by molar-refractivity contribution is -0.192. The van der Waals surface area contributed by atoms with Crippen LogP contribution in [0.25, 0.3) is 0 Å². The highest BCUT2D eigenvalue weighted by atomic mass is 16.7. The molecule has 0 bridgehead atoms. The van der Waals surface area contributed by atoms with Gasteiger partial charge < -0.3 is 14.7 Å². The molecule has 0 unspecified atom stereocenters. The Kier molecular flexibility index (Phi) is 4.99. The van der Waals surface area contributed by atoms with Gasteiger partial charge in [-0.3, -0.25) is 9.63 Å². The van der Waals surface area contributed by atoms with Crippen LogP contribution in [0.15, 0.2) is 0 Å². The van der Waals surface area contributed by atoms with Crippen LogP contribution in [0.1, 0.15) is 33.6 Å². The van der Waals surface area contributed by atoms with Crippen molar-refractivity contribution in [3.05, 3.63) is 0 Å². The number of hydrogen-bond acceptors (Lipinski definition) is 5. The van der Waals surface area contributed by atoms with E-state index in [0.29, 0.717) is 0 Å². The number of rotatable bonds is 2. The zero-order valence-electron chi connectivity index (χ0n) is 12.8. The lowest BCUT2D eigenvalue weighted by atomic mass is 9.90. The maximum atomic E-state index is 12.0. The van der Waals surface area contributed by atoms with Gasteiger partial charge in [0.25, 0.3) is 5.91 Å². The molecule has 7 nitrogen and oxygen atoms in total. The fraction of sp³-hybridized carbons (Fsp3) is 0.846. The fourth-order valence-corrected chi connectivity index (χ4v) is 1.98. The Morgan fingerprint density at radius 2 is 1.75 bits per heavy atom. The third-order valence-corrected chi connectivity index (χ3v) is 3.20. The first kappa shape index (κ1) is 16.7. The van der Waals surface area contributed by atoms with E-state index in [4.69, 9.17) is 9.57 Å². The molecule has 0 aromatic heterocycles. The van der Waals surface area contributed by atoms with E-state index in [1.807, 2.05) is 0 Å². The van der Waals surface area contributed by atoms with E-state index in [-0.39, 0.29) is 25.9 Å². The van der Waals surface area contributed by atoms with E-state index in [2.05, 4.69) is 0 Å². The highest BCUT2D eigenvalue weighted by Gasteiger charge is 2.43. The molecule has 0 aromatic carbocycles. The van der Waals surface area contributed by atoms with Crippen LogP contribution in [-0.2, 0) is 14.4 Å². The summed E-state index contributed by atoms with van der Waals surface area (Å²) in [7, 11) is 2.80. The predicted octanol–water partition coefficient (Wildman–Crippen LogP) is 0.768. The molecule has 1 fully saturated rings. The molecule has 1 aliphatic rings. The van der Waals surface area contributed by atoms with E-state index in [1.54, 1.807) is 20.8 Å². The van der Waals surface area contributed by atoms with Gasteiger partial charge in [-0.1, -0.05) is 0 Å². The molecule has 1 N–H and O–H groups in total. The van der Waals surface area contributed by atoms with Crippen LogP contribution < -0.4 is 0 Å². The minimum atomic E-state index is -1.48. The van der Waals surface area contributed by atoms with E-state index in [9.17, 15) is 14.7 Å². The minimum absolute atomic E-state index is 0.165. The molecule has 0 atom stereocenters. The van der Waals surface area contributed by atoms with E-state index < -0.39 is 23.2 Å². The second-order valence-corrected chi connectivity index (χ2v) is 5.98. The number of aliphatic hydroxyl groups is 1. The maximum absolute atomic E-state index is 12.0. The molecule has 20 heavy (non-hydrogen) atoms. The van der Waals surface area contributed by atoms with Crippen LogP contribution in [0.2, 0.25) is 0 Å². The van der Waals surface area contributed by atoms with Gasteiger partial charge in [0.15, 0.2) is 0 Å². The Balaban J connectivity index is 2.59. The smallest absolute Gasteiger partial charge is 0.410 e. The molecule has 2 amide bonds. The van der Waals surface area contributed by atoms with Crippen LogP contribution in [0.3, 0.4) is 0 Å². The topological polar surface area (TPSA) is 79.3 Å². The molecule has 1 aliphatic heterocycles. The van der Waals surface area contributed by atoms with Gasteiger partial charge in [0.05, 0.1) is 7.11 Å². The third kappa shape index (κ3) is 4.08. The largest absolute Gasteiger partial charge is 0.444 e. The van der Waals surface area contributed by atoms with Crippen molar-refractivity contribution < 1.29 is 24.3 Å². The molecule has 0 aromatic rings. The molecule has 7 heteroatoms. The van der Waals surface area contributed by atoms with Crippen molar-refractivity contribution in [1.29, 1.82) is 0 Å². The zero-order chi connectivity index (χ0) is 15.6. The number of nitrogens with zero attached hydrogens (tertiary/aromatic N) is 2. The Morgan fingerprint density at radius 1 is 1.25 bits per heavy atom. The minimum Gasteiger partial charge on any atom is -0.444 e. The Hall–Kier alpha value is -1.34. The Morgan fingerprint density at radius 3 is 2.15 bits per heavy atom. The van der Waals surface area contributed by atoms with E-state index >= 15 is 0 Å². The van der Waals surface area contributed by atoms with E-state index in [1.165, 1.54) is 19.1 Å². The van der Waals surface area contributed by atoms with Crippen molar-refractivity contribution in [2.45, 2.75) is 44.8 Å². The Labute approximate surface area is 119 Å². The van der Waals surface area contributed by atoms with Gasteiger partial charge in [0.2, 0.25) is 0 Å². The molecule has 1 rings (SSSR count). The van der Waals surface area contributed by atoms with Gasteiger partial charge in [0.1, 0.15) is 11.2 Å². The number of ether oxygens (including phenoxy) is 1. The second kappa shape index (κ2) is 5.97. The number of carbonyl (C=O) groups excluding carboxylic acids is 2. The zero-order valence-corrected chi connectivity index (χ0v) is 12.8. The number of piperidine rings is 1. The van der Waals surface area contributed by atoms with Crippen LogP contribution in [0.5, 0.6) is 0 Å². The normalized spacial score (nSPS) is 18.6. The number of likely N-dealkylation sites (N-methyl/N-ethyl adjacent to an activating group) is 1. The monoisotopic (exact) mass is 288 g/mol. The summed E-state index contributed by atoms with van der Waals surface area (Å²) in [5.74, 6) is -0.496. The van der Waals surface area contributed by atoms with Crippen LogP contribution in [0.4, 0.5) is 4.79 Å². The molecule has 1 heterocycles. The van der Waals surface area contributed by atoms with Gasteiger partial charge in [-0.2, -0.15) is 0 Å². The standard InChI is InChI=1S/C13H24N2O5/c1-12(2,3)20-11(17)15-8-6-13(18,7-9-15)10(16)14(4)19-5/h18H,6-9H2,1-5H3. The summed E-state index contributed by atoms with van der Waals surface area (Å²) in [5, 5.41) is 11.3. The summed E-state index contributed by atoms with van der Waals surface area (Å²) in [6.45, 7) is 5.93. The highest BCUT2D eigenvalue weighted by molar-refractivity contribution is 5.84. The molecule has 0 radical (unpaired) electrons. The molecule has 0 saturated carbocycles. The molecular formula is C13H24N2O5. The summed E-state index contributed by atoms with van der Waals surface area (Å²) >= 11 is 0. The predicted molar refractivity (Wildman–Crippen MR) is 71.8 cm³/mol. The SMILES string of the molecule is CON(C)C(=O)C1(O)CCN(C(=O)OC(C)(C)C)CC1. The summed E-state index contributed by atoms with van der Waals surface area (Å²) in [6.07, 6.45) is -0.0931. The van der Waals surface area contributed by atoms with Crippen molar-refractivity contribution in [3.63, 3.8) is 0 Å². The quantitative estimate of drug-likeness (QED) is 0.759. The lowest BCUT2D eigenvalue weighted by Gasteiger charge is -2.38. The van der Waals surface area contributed by atoms with Gasteiger partial charge in [-0.25, -0.2) is 9.86 Å². The number of hydrogen-bond donors (Lipinski definition) is 1. The van der Waals surface area contributed by atoms with Crippen molar-refractivity contribution in [3.8, 4) is 0 Å². The third-order valence-electron chi connectivity index (χ3n) is 3.20. The van der Waals surface area contributed by atoms with Crippen LogP contribution in [0, 0.1) is 0 Å². The van der Waals surface area contributed by atoms with Crippen molar-refractivity contribution in [1.82, 2.24) is 9.96 Å². The summed E-state index contributed by atoms with van der Waals surface area (Å²) < 4.78 is 5.26. The number of hydroxylamine groups is 2. The van der Waals surface area contributed by atoms with Gasteiger partial charge >= 0.3 is 6.09 Å². The maximum Gasteiger partial charge on any atom is 0.410 e. The summed E-state index contributed by atoms with van der Waals surface area (Å²) in [4.78, 5) is 30.1. The second-order valence-electron chi connectivity index (χ2n) is 5.98. The number of likely N-dealkylation sites (tertiary alicyclic amines) is 1. The molecule has 116 valence electrons. The first-order chi connectivity index (χ1) is 9.09. The first-order valence-corrected chi connectivity index (χ1v) is 6.61. The van der Waals surface area contributed by atoms with Crippen LogP contribution in [-0.4, -0.2) is 65.5 Å². The summed E-state index contributed by atoms with van der Waals surface area (Å²) in [6, 6.07) is 0. The van der Waals surface area contributed by atoms with E-state index in [0.717, 1.165) is 5.06 Å². The van der Waals surface area contributed by atoms with Gasteiger partial charge in [-0.15, -0.1) is 0 Å². The van der Waals surface area contributed by atoms with Crippen molar-refractivity contribution in [2.75, 3.05) is 27.2 Å². The van der Waals surface area contributed by atoms with Gasteiger partial charge in [0, 0.05) is 33.0 Å². The molecule has 1 saturated heterocycles. The highest BCUT2D eigenvalue weighted by Crippen LogP contribution is 2.25. The molecular weight excluding hydrogens is 264 g/mol. The number of amides is 2. The van der Waals surface area contributed by atoms with Crippen LogP contribution >= 0.6 is 0 Å². The van der Waals surface area contributed by atoms with Gasteiger partial charge in [-0.05, 0) is 20.8 Å². The average Bonchev–Trinajstić information content (AvgIpc) is 2.35. The summed E-state index contributed by atoms with van der Waals surface area (Å²) in [5.41, 5.74) is -2.04. The molecule has 0 spiro atoms. The average molecular weight is 288 g/mol. The first-order valence-electron chi connectivity index (χ1n) is 6.61. The lowest BCUT2D eigenvalue weighted by Crippen LogP contribution is -2.55. The molecule has 0 aliphatic carbocycles. The Bertz CT molecular complexity index is 369. The number of carbonyl (C=O) groups is 2. The van der Waals surface area contributed by atoms with Crippen molar-refractivity contribution >= 4 is 12.0 Å². The van der Waals surface area contributed by atoms with Crippen molar-refractivity contribution in [2.24, 2.45) is 0 Å².